The highest BCUT2D eigenvalue weighted by Crippen LogP contribution is 2.19. The van der Waals surface area contributed by atoms with Crippen molar-refractivity contribution in [3.8, 4) is 0 Å². The SMILES string of the molecule is CCN(CC(C)(C)O)C(=O)/C=C(/C)c1ccc(F)cc1F. The summed E-state index contributed by atoms with van der Waals surface area (Å²) in [6, 6.07) is 3.23. The van der Waals surface area contributed by atoms with Gasteiger partial charge in [0, 0.05) is 30.8 Å². The van der Waals surface area contributed by atoms with Gasteiger partial charge in [0.1, 0.15) is 11.6 Å². The van der Waals surface area contributed by atoms with E-state index in [1.54, 1.807) is 27.7 Å². The van der Waals surface area contributed by atoms with E-state index in [9.17, 15) is 18.7 Å². The van der Waals surface area contributed by atoms with Crippen LogP contribution in [0.25, 0.3) is 5.57 Å². The summed E-state index contributed by atoms with van der Waals surface area (Å²) in [6.45, 7) is 7.21. The smallest absolute Gasteiger partial charge is 0.246 e. The van der Waals surface area contributed by atoms with Gasteiger partial charge in [-0.2, -0.15) is 0 Å². The molecule has 5 heteroatoms. The number of benzene rings is 1. The van der Waals surface area contributed by atoms with Crippen molar-refractivity contribution in [1.82, 2.24) is 4.90 Å². The summed E-state index contributed by atoms with van der Waals surface area (Å²) in [5.41, 5.74) is -0.412. The first-order valence-electron chi connectivity index (χ1n) is 6.79. The molecule has 0 fully saturated rings. The molecule has 116 valence electrons. The normalized spacial score (nSPS) is 12.4. The summed E-state index contributed by atoms with van der Waals surface area (Å²) in [6.07, 6.45) is 1.30. The summed E-state index contributed by atoms with van der Waals surface area (Å²) in [7, 11) is 0. The quantitative estimate of drug-likeness (QED) is 0.849. The van der Waals surface area contributed by atoms with Crippen LogP contribution in [0.1, 0.15) is 33.3 Å². The predicted octanol–water partition coefficient (Wildman–Crippen LogP) is 2.99. The maximum Gasteiger partial charge on any atom is 0.246 e. The summed E-state index contributed by atoms with van der Waals surface area (Å²) < 4.78 is 26.5. The van der Waals surface area contributed by atoms with E-state index in [4.69, 9.17) is 0 Å². The molecule has 0 aliphatic rings. The molecular weight excluding hydrogens is 276 g/mol. The Morgan fingerprint density at radius 3 is 2.48 bits per heavy atom. The van der Waals surface area contributed by atoms with Crippen molar-refractivity contribution in [2.45, 2.75) is 33.3 Å². The zero-order chi connectivity index (χ0) is 16.2. The topological polar surface area (TPSA) is 40.5 Å². The summed E-state index contributed by atoms with van der Waals surface area (Å²) >= 11 is 0. The fourth-order valence-electron chi connectivity index (χ4n) is 1.98. The van der Waals surface area contributed by atoms with Crippen molar-refractivity contribution in [1.29, 1.82) is 0 Å². The molecule has 21 heavy (non-hydrogen) atoms. The molecule has 0 bridgehead atoms. The molecule has 1 rings (SSSR count). The van der Waals surface area contributed by atoms with Crippen LogP contribution in [0.4, 0.5) is 8.78 Å². The lowest BCUT2D eigenvalue weighted by Gasteiger charge is -2.27. The zero-order valence-corrected chi connectivity index (χ0v) is 12.8. The zero-order valence-electron chi connectivity index (χ0n) is 12.8. The number of nitrogens with zero attached hydrogens (tertiary/aromatic N) is 1. The number of halogens is 2. The van der Waals surface area contributed by atoms with Crippen LogP contribution in [-0.4, -0.2) is 34.6 Å². The molecule has 0 aliphatic heterocycles. The fourth-order valence-corrected chi connectivity index (χ4v) is 1.98. The molecule has 1 amide bonds. The number of likely N-dealkylation sites (N-methyl/N-ethyl adjacent to an activating group) is 1. The van der Waals surface area contributed by atoms with Gasteiger partial charge >= 0.3 is 0 Å². The van der Waals surface area contributed by atoms with Crippen molar-refractivity contribution < 1.29 is 18.7 Å². The summed E-state index contributed by atoms with van der Waals surface area (Å²) in [4.78, 5) is 13.6. The molecule has 0 saturated carbocycles. The van der Waals surface area contributed by atoms with E-state index in [2.05, 4.69) is 0 Å². The molecule has 1 aromatic carbocycles. The minimum atomic E-state index is -1.01. The molecule has 1 N–H and O–H groups in total. The van der Waals surface area contributed by atoms with Crippen LogP contribution in [0.5, 0.6) is 0 Å². The van der Waals surface area contributed by atoms with Crippen LogP contribution in [0.3, 0.4) is 0 Å². The Morgan fingerprint density at radius 1 is 1.38 bits per heavy atom. The van der Waals surface area contributed by atoms with E-state index < -0.39 is 17.2 Å². The second-order valence-corrected chi connectivity index (χ2v) is 5.62. The van der Waals surface area contributed by atoms with Gasteiger partial charge in [-0.3, -0.25) is 4.79 Å². The summed E-state index contributed by atoms with van der Waals surface area (Å²) in [5.74, 6) is -1.68. The van der Waals surface area contributed by atoms with E-state index in [0.29, 0.717) is 12.1 Å². The first kappa shape index (κ1) is 17.3. The van der Waals surface area contributed by atoms with Gasteiger partial charge in [-0.15, -0.1) is 0 Å². The van der Waals surface area contributed by atoms with Crippen LogP contribution in [0.15, 0.2) is 24.3 Å². The lowest BCUT2D eigenvalue weighted by molar-refractivity contribution is -0.128. The van der Waals surface area contributed by atoms with Gasteiger partial charge in [0.15, 0.2) is 0 Å². The van der Waals surface area contributed by atoms with Gasteiger partial charge in [-0.05, 0) is 45.4 Å². The number of hydrogen-bond donors (Lipinski definition) is 1. The molecule has 0 unspecified atom stereocenters. The number of hydrogen-bond acceptors (Lipinski definition) is 2. The molecular formula is C16H21F2NO2. The van der Waals surface area contributed by atoms with Crippen LogP contribution >= 0.6 is 0 Å². The Bertz CT molecular complexity index is 548. The van der Waals surface area contributed by atoms with E-state index in [0.717, 1.165) is 12.1 Å². The highest BCUT2D eigenvalue weighted by atomic mass is 19.1. The molecule has 1 aromatic rings. The number of allylic oxidation sites excluding steroid dienone is 1. The molecule has 3 nitrogen and oxygen atoms in total. The van der Waals surface area contributed by atoms with Crippen molar-refractivity contribution in [2.24, 2.45) is 0 Å². The Labute approximate surface area is 123 Å². The molecule has 0 radical (unpaired) electrons. The van der Waals surface area contributed by atoms with Gasteiger partial charge in [0.2, 0.25) is 5.91 Å². The van der Waals surface area contributed by atoms with Crippen LogP contribution in [0.2, 0.25) is 0 Å². The van der Waals surface area contributed by atoms with Gasteiger partial charge in [-0.25, -0.2) is 8.78 Å². The van der Waals surface area contributed by atoms with Crippen molar-refractivity contribution in [3.63, 3.8) is 0 Å². The lowest BCUT2D eigenvalue weighted by Crippen LogP contribution is -2.41. The van der Waals surface area contributed by atoms with Crippen LogP contribution in [-0.2, 0) is 4.79 Å². The Hall–Kier alpha value is -1.75. The molecule has 0 saturated heterocycles. The number of amides is 1. The van der Waals surface area contributed by atoms with Crippen LogP contribution < -0.4 is 0 Å². The predicted molar refractivity (Wildman–Crippen MR) is 78.6 cm³/mol. The Kier molecular flexibility index (Phi) is 5.61. The minimum Gasteiger partial charge on any atom is -0.389 e. The standard InChI is InChI=1S/C16H21F2NO2/c1-5-19(10-16(3,4)21)15(20)8-11(2)13-7-6-12(17)9-14(13)18/h6-9,21H,5,10H2,1-4H3/b11-8-. The van der Waals surface area contributed by atoms with Crippen molar-refractivity contribution >= 4 is 11.5 Å². The van der Waals surface area contributed by atoms with Gasteiger partial charge in [0.05, 0.1) is 5.60 Å². The number of aliphatic hydroxyl groups is 1. The Morgan fingerprint density at radius 2 is 2.00 bits per heavy atom. The fraction of sp³-hybridized carbons (Fsp3) is 0.438. The van der Waals surface area contributed by atoms with E-state index in [-0.39, 0.29) is 18.0 Å². The van der Waals surface area contributed by atoms with E-state index >= 15 is 0 Å². The highest BCUT2D eigenvalue weighted by Gasteiger charge is 2.20. The minimum absolute atomic E-state index is 0.179. The number of rotatable bonds is 5. The molecule has 0 aromatic heterocycles. The third-order valence-electron chi connectivity index (χ3n) is 2.97. The molecule has 0 spiro atoms. The third kappa shape index (κ3) is 5.27. The Balaban J connectivity index is 2.96. The second-order valence-electron chi connectivity index (χ2n) is 5.62. The lowest BCUT2D eigenvalue weighted by atomic mass is 10.1. The van der Waals surface area contributed by atoms with E-state index in [1.807, 2.05) is 0 Å². The molecule has 0 atom stereocenters. The third-order valence-corrected chi connectivity index (χ3v) is 2.97. The van der Waals surface area contributed by atoms with Crippen molar-refractivity contribution in [2.75, 3.05) is 13.1 Å². The monoisotopic (exact) mass is 297 g/mol. The van der Waals surface area contributed by atoms with Gasteiger partial charge in [0.25, 0.3) is 0 Å². The first-order chi connectivity index (χ1) is 9.64. The maximum atomic E-state index is 13.7. The average molecular weight is 297 g/mol. The van der Waals surface area contributed by atoms with Gasteiger partial charge in [-0.1, -0.05) is 0 Å². The van der Waals surface area contributed by atoms with Crippen molar-refractivity contribution in [3.05, 3.63) is 41.5 Å². The maximum absolute atomic E-state index is 13.7. The number of carbonyl (C=O) groups excluding carboxylic acids is 1. The second kappa shape index (κ2) is 6.80. The summed E-state index contributed by atoms with van der Waals surface area (Å²) in [5, 5.41) is 9.78. The van der Waals surface area contributed by atoms with Crippen LogP contribution in [0, 0.1) is 11.6 Å². The average Bonchev–Trinajstić information content (AvgIpc) is 2.34. The van der Waals surface area contributed by atoms with Gasteiger partial charge < -0.3 is 10.0 Å². The number of carbonyl (C=O) groups is 1. The molecule has 0 heterocycles. The largest absolute Gasteiger partial charge is 0.389 e. The highest BCUT2D eigenvalue weighted by molar-refractivity contribution is 5.95. The molecule has 0 aliphatic carbocycles. The first-order valence-corrected chi connectivity index (χ1v) is 6.79. The van der Waals surface area contributed by atoms with E-state index in [1.165, 1.54) is 17.0 Å².